The van der Waals surface area contributed by atoms with Gasteiger partial charge in [0.15, 0.2) is 0 Å². The van der Waals surface area contributed by atoms with Crippen molar-refractivity contribution >= 4 is 11.6 Å². The van der Waals surface area contributed by atoms with E-state index in [9.17, 15) is 9.90 Å². The standard InChI is InChI=1S/C14H20N2O3/c1-2-19-13-4-3-12(7-11(13)9-17)16-14(18)10-5-6-15-8-10/h3-4,7,10,15,17H,2,5-6,8-9H2,1H3,(H,16,18). The summed E-state index contributed by atoms with van der Waals surface area (Å²) in [5.41, 5.74) is 1.38. The third-order valence-electron chi connectivity index (χ3n) is 3.23. The van der Waals surface area contributed by atoms with Crippen LogP contribution < -0.4 is 15.4 Å². The Labute approximate surface area is 113 Å². The fourth-order valence-electron chi connectivity index (χ4n) is 2.20. The summed E-state index contributed by atoms with van der Waals surface area (Å²) in [5, 5.41) is 15.4. The highest BCUT2D eigenvalue weighted by Crippen LogP contribution is 2.23. The second-order valence-corrected chi connectivity index (χ2v) is 4.59. The van der Waals surface area contributed by atoms with Gasteiger partial charge in [-0.2, -0.15) is 0 Å². The molecule has 0 radical (unpaired) electrons. The zero-order chi connectivity index (χ0) is 13.7. The molecule has 0 bridgehead atoms. The second-order valence-electron chi connectivity index (χ2n) is 4.59. The van der Waals surface area contributed by atoms with Crippen LogP contribution in [0.1, 0.15) is 18.9 Å². The Kier molecular flexibility index (Phi) is 4.76. The third kappa shape index (κ3) is 3.45. The highest BCUT2D eigenvalue weighted by Gasteiger charge is 2.22. The van der Waals surface area contributed by atoms with E-state index in [1.165, 1.54) is 0 Å². The van der Waals surface area contributed by atoms with Gasteiger partial charge in [0.1, 0.15) is 5.75 Å². The Bertz CT molecular complexity index is 442. The zero-order valence-electron chi connectivity index (χ0n) is 11.1. The van der Waals surface area contributed by atoms with Gasteiger partial charge in [-0.15, -0.1) is 0 Å². The molecule has 5 heteroatoms. The summed E-state index contributed by atoms with van der Waals surface area (Å²) in [6.45, 7) is 3.96. The predicted octanol–water partition coefficient (Wildman–Crippen LogP) is 1.13. The first-order valence-electron chi connectivity index (χ1n) is 6.62. The van der Waals surface area contributed by atoms with E-state index in [1.54, 1.807) is 18.2 Å². The molecule has 1 heterocycles. The molecule has 1 aliphatic rings. The highest BCUT2D eigenvalue weighted by atomic mass is 16.5. The van der Waals surface area contributed by atoms with Crippen molar-refractivity contribution in [2.45, 2.75) is 20.0 Å². The van der Waals surface area contributed by atoms with Gasteiger partial charge in [0, 0.05) is 17.8 Å². The Morgan fingerprint density at radius 1 is 1.58 bits per heavy atom. The lowest BCUT2D eigenvalue weighted by atomic mass is 10.1. The predicted molar refractivity (Wildman–Crippen MR) is 73.1 cm³/mol. The fourth-order valence-corrected chi connectivity index (χ4v) is 2.20. The average Bonchev–Trinajstić information content (AvgIpc) is 2.94. The molecule has 3 N–H and O–H groups in total. The number of aliphatic hydroxyl groups is 1. The summed E-state index contributed by atoms with van der Waals surface area (Å²) < 4.78 is 5.40. The van der Waals surface area contributed by atoms with Crippen molar-refractivity contribution < 1.29 is 14.6 Å². The molecule has 0 aliphatic carbocycles. The van der Waals surface area contributed by atoms with E-state index in [0.717, 1.165) is 19.5 Å². The smallest absolute Gasteiger partial charge is 0.228 e. The first-order chi connectivity index (χ1) is 9.24. The maximum atomic E-state index is 12.0. The van der Waals surface area contributed by atoms with Gasteiger partial charge in [-0.3, -0.25) is 4.79 Å². The first-order valence-corrected chi connectivity index (χ1v) is 6.62. The van der Waals surface area contributed by atoms with E-state index in [-0.39, 0.29) is 18.4 Å². The van der Waals surface area contributed by atoms with Gasteiger partial charge in [0.25, 0.3) is 0 Å². The van der Waals surface area contributed by atoms with Crippen LogP contribution in [0.15, 0.2) is 18.2 Å². The van der Waals surface area contributed by atoms with Crippen LogP contribution in [0.2, 0.25) is 0 Å². The Morgan fingerprint density at radius 3 is 3.05 bits per heavy atom. The maximum Gasteiger partial charge on any atom is 0.228 e. The van der Waals surface area contributed by atoms with Crippen molar-refractivity contribution in [2.75, 3.05) is 25.0 Å². The van der Waals surface area contributed by atoms with Crippen LogP contribution >= 0.6 is 0 Å². The van der Waals surface area contributed by atoms with Crippen LogP contribution in [-0.2, 0) is 11.4 Å². The number of anilines is 1. The van der Waals surface area contributed by atoms with Crippen LogP contribution in [0.4, 0.5) is 5.69 Å². The minimum atomic E-state index is -0.107. The van der Waals surface area contributed by atoms with Crippen LogP contribution in [0, 0.1) is 5.92 Å². The van der Waals surface area contributed by atoms with Gasteiger partial charge >= 0.3 is 0 Å². The van der Waals surface area contributed by atoms with Crippen molar-refractivity contribution in [2.24, 2.45) is 5.92 Å². The van der Waals surface area contributed by atoms with Crippen LogP contribution in [0.5, 0.6) is 5.75 Å². The highest BCUT2D eigenvalue weighted by molar-refractivity contribution is 5.93. The largest absolute Gasteiger partial charge is 0.494 e. The average molecular weight is 264 g/mol. The SMILES string of the molecule is CCOc1ccc(NC(=O)C2CCNC2)cc1CO. The third-order valence-corrected chi connectivity index (χ3v) is 3.23. The van der Waals surface area contributed by atoms with Gasteiger partial charge in [0.05, 0.1) is 19.1 Å². The van der Waals surface area contributed by atoms with Crippen LogP contribution in [-0.4, -0.2) is 30.7 Å². The number of carbonyl (C=O) groups is 1. The van der Waals surface area contributed by atoms with Crippen LogP contribution in [0.25, 0.3) is 0 Å². The minimum absolute atomic E-state index is 0.0260. The summed E-state index contributed by atoms with van der Waals surface area (Å²) >= 11 is 0. The number of hydrogen-bond acceptors (Lipinski definition) is 4. The molecule has 104 valence electrons. The summed E-state index contributed by atoms with van der Waals surface area (Å²) in [5.74, 6) is 0.715. The number of rotatable bonds is 5. The van der Waals surface area contributed by atoms with Gasteiger partial charge in [-0.1, -0.05) is 0 Å². The maximum absolute atomic E-state index is 12.0. The van der Waals surface area contributed by atoms with Crippen molar-refractivity contribution in [3.63, 3.8) is 0 Å². The molecule has 1 unspecified atom stereocenters. The number of aliphatic hydroxyl groups excluding tert-OH is 1. The molecular weight excluding hydrogens is 244 g/mol. The molecule has 1 fully saturated rings. The van der Waals surface area contributed by atoms with Crippen LogP contribution in [0.3, 0.4) is 0 Å². The van der Waals surface area contributed by atoms with Gasteiger partial charge in [-0.25, -0.2) is 0 Å². The quantitative estimate of drug-likeness (QED) is 0.745. The Morgan fingerprint density at radius 2 is 2.42 bits per heavy atom. The molecule has 2 rings (SSSR count). The molecule has 5 nitrogen and oxygen atoms in total. The first kappa shape index (κ1) is 13.8. The molecule has 1 saturated heterocycles. The molecule has 0 saturated carbocycles. The van der Waals surface area contributed by atoms with Crippen molar-refractivity contribution in [1.82, 2.24) is 5.32 Å². The normalized spacial score (nSPS) is 18.3. The summed E-state index contributed by atoms with van der Waals surface area (Å²) in [7, 11) is 0. The number of benzene rings is 1. The molecule has 1 amide bonds. The lowest BCUT2D eigenvalue weighted by molar-refractivity contribution is -0.119. The Balaban J connectivity index is 2.05. The molecular formula is C14H20N2O3. The fraction of sp³-hybridized carbons (Fsp3) is 0.500. The zero-order valence-corrected chi connectivity index (χ0v) is 11.1. The topological polar surface area (TPSA) is 70.6 Å². The van der Waals surface area contributed by atoms with Crippen molar-refractivity contribution in [3.05, 3.63) is 23.8 Å². The van der Waals surface area contributed by atoms with E-state index >= 15 is 0 Å². The molecule has 1 aromatic carbocycles. The monoisotopic (exact) mass is 264 g/mol. The van der Waals surface area contributed by atoms with E-state index in [2.05, 4.69) is 10.6 Å². The van der Waals surface area contributed by atoms with Gasteiger partial charge in [-0.05, 0) is 38.1 Å². The summed E-state index contributed by atoms with van der Waals surface area (Å²) in [6.07, 6.45) is 0.871. The van der Waals surface area contributed by atoms with E-state index in [0.29, 0.717) is 23.6 Å². The Hall–Kier alpha value is -1.59. The molecule has 0 spiro atoms. The lowest BCUT2D eigenvalue weighted by Gasteiger charge is -2.13. The minimum Gasteiger partial charge on any atom is -0.494 e. The lowest BCUT2D eigenvalue weighted by Crippen LogP contribution is -2.24. The van der Waals surface area contributed by atoms with Gasteiger partial charge in [0.2, 0.25) is 5.91 Å². The number of ether oxygens (including phenoxy) is 1. The molecule has 1 aromatic rings. The molecule has 19 heavy (non-hydrogen) atoms. The second kappa shape index (κ2) is 6.54. The number of nitrogens with one attached hydrogen (secondary N) is 2. The summed E-state index contributed by atoms with van der Waals surface area (Å²) in [6, 6.07) is 5.33. The van der Waals surface area contributed by atoms with E-state index in [1.807, 2.05) is 6.92 Å². The molecule has 1 atom stereocenters. The van der Waals surface area contributed by atoms with Gasteiger partial charge < -0.3 is 20.5 Å². The van der Waals surface area contributed by atoms with Crippen molar-refractivity contribution in [3.8, 4) is 5.75 Å². The molecule has 1 aliphatic heterocycles. The molecule has 0 aromatic heterocycles. The number of carbonyl (C=O) groups excluding carboxylic acids is 1. The number of amides is 1. The van der Waals surface area contributed by atoms with Crippen molar-refractivity contribution in [1.29, 1.82) is 0 Å². The van der Waals surface area contributed by atoms with E-state index in [4.69, 9.17) is 4.74 Å². The van der Waals surface area contributed by atoms with E-state index < -0.39 is 0 Å². The summed E-state index contributed by atoms with van der Waals surface area (Å²) in [4.78, 5) is 12.0. The number of hydrogen-bond donors (Lipinski definition) is 3.